The molecule has 0 fully saturated rings. The summed E-state index contributed by atoms with van der Waals surface area (Å²) in [6.45, 7) is 0. The van der Waals surface area contributed by atoms with Crippen LogP contribution in [0.5, 0.6) is 11.5 Å². The van der Waals surface area contributed by atoms with Gasteiger partial charge in [-0.05, 0) is 72.3 Å². The van der Waals surface area contributed by atoms with E-state index in [9.17, 15) is 13.2 Å². The molecule has 0 unspecified atom stereocenters. The SMILES string of the molecule is COc1ccc(S(=O)(=O)Oc2ccc(/C=N\NC(=O)c3cccc(Cl)c3)cc2)cc1. The molecule has 0 bridgehead atoms. The Kier molecular flexibility index (Phi) is 6.71. The molecule has 1 N–H and O–H groups in total. The van der Waals surface area contributed by atoms with Gasteiger partial charge in [0.1, 0.15) is 16.4 Å². The molecule has 0 saturated heterocycles. The van der Waals surface area contributed by atoms with Crippen molar-refractivity contribution in [2.45, 2.75) is 4.90 Å². The van der Waals surface area contributed by atoms with E-state index in [-0.39, 0.29) is 10.6 Å². The number of methoxy groups -OCH3 is 1. The summed E-state index contributed by atoms with van der Waals surface area (Å²) in [6, 6.07) is 18.5. The number of rotatable bonds is 7. The summed E-state index contributed by atoms with van der Waals surface area (Å²) in [5.74, 6) is 0.283. The van der Waals surface area contributed by atoms with Gasteiger partial charge in [0.2, 0.25) is 0 Å². The summed E-state index contributed by atoms with van der Waals surface area (Å²) in [4.78, 5) is 12.0. The molecule has 0 atom stereocenters. The van der Waals surface area contributed by atoms with Crippen molar-refractivity contribution in [1.29, 1.82) is 0 Å². The Hall–Kier alpha value is -3.36. The van der Waals surface area contributed by atoms with E-state index < -0.39 is 16.0 Å². The predicted octanol–water partition coefficient (Wildman–Crippen LogP) is 3.88. The van der Waals surface area contributed by atoms with Gasteiger partial charge in [-0.1, -0.05) is 17.7 Å². The lowest BCUT2D eigenvalue weighted by atomic mass is 10.2. The van der Waals surface area contributed by atoms with Gasteiger partial charge < -0.3 is 8.92 Å². The monoisotopic (exact) mass is 444 g/mol. The highest BCUT2D eigenvalue weighted by atomic mass is 35.5. The fourth-order valence-electron chi connectivity index (χ4n) is 2.39. The van der Waals surface area contributed by atoms with Crippen molar-refractivity contribution in [3.8, 4) is 11.5 Å². The van der Waals surface area contributed by atoms with E-state index in [1.807, 2.05) is 0 Å². The summed E-state index contributed by atoms with van der Waals surface area (Å²) in [5, 5.41) is 4.33. The minimum atomic E-state index is -3.97. The Balaban J connectivity index is 1.61. The van der Waals surface area contributed by atoms with Crippen LogP contribution in [-0.4, -0.2) is 27.6 Å². The Labute approximate surface area is 179 Å². The second-order valence-corrected chi connectivity index (χ2v) is 7.97. The van der Waals surface area contributed by atoms with Crippen molar-refractivity contribution in [3.63, 3.8) is 0 Å². The number of halogens is 1. The molecule has 0 heterocycles. The number of carbonyl (C=O) groups is 1. The van der Waals surface area contributed by atoms with Crippen LogP contribution in [0.4, 0.5) is 0 Å². The number of ether oxygens (including phenoxy) is 1. The van der Waals surface area contributed by atoms with Crippen LogP contribution in [0.3, 0.4) is 0 Å². The van der Waals surface area contributed by atoms with E-state index in [2.05, 4.69) is 10.5 Å². The van der Waals surface area contributed by atoms with Crippen LogP contribution in [0, 0.1) is 0 Å². The molecule has 0 aromatic heterocycles. The topological polar surface area (TPSA) is 94.1 Å². The second-order valence-electron chi connectivity index (χ2n) is 5.99. The molecule has 3 aromatic rings. The maximum atomic E-state index is 12.3. The van der Waals surface area contributed by atoms with E-state index in [0.29, 0.717) is 21.9 Å². The molecule has 3 rings (SSSR count). The van der Waals surface area contributed by atoms with Gasteiger partial charge in [-0.3, -0.25) is 4.79 Å². The van der Waals surface area contributed by atoms with Gasteiger partial charge in [0.05, 0.1) is 13.3 Å². The number of amides is 1. The number of nitrogens with one attached hydrogen (secondary N) is 1. The first-order chi connectivity index (χ1) is 14.4. The van der Waals surface area contributed by atoms with Gasteiger partial charge in [-0.2, -0.15) is 13.5 Å². The number of benzene rings is 3. The first-order valence-electron chi connectivity index (χ1n) is 8.65. The van der Waals surface area contributed by atoms with Gasteiger partial charge in [0.15, 0.2) is 0 Å². The molecular formula is C21H17ClN2O5S. The third-order valence-corrected chi connectivity index (χ3v) is 5.40. The van der Waals surface area contributed by atoms with Crippen molar-refractivity contribution in [1.82, 2.24) is 5.43 Å². The largest absolute Gasteiger partial charge is 0.497 e. The molecule has 9 heteroatoms. The zero-order chi connectivity index (χ0) is 21.6. The minimum absolute atomic E-state index is 0.0117. The lowest BCUT2D eigenvalue weighted by molar-refractivity contribution is 0.0955. The molecule has 30 heavy (non-hydrogen) atoms. The van der Waals surface area contributed by atoms with E-state index >= 15 is 0 Å². The summed E-state index contributed by atoms with van der Waals surface area (Å²) in [6.07, 6.45) is 1.42. The first kappa shape index (κ1) is 21.4. The third-order valence-electron chi connectivity index (χ3n) is 3.90. The Morgan fingerprint density at radius 2 is 1.67 bits per heavy atom. The highest BCUT2D eigenvalue weighted by Crippen LogP contribution is 2.21. The molecule has 3 aromatic carbocycles. The van der Waals surface area contributed by atoms with Crippen LogP contribution in [0.15, 0.2) is 82.8 Å². The Morgan fingerprint density at radius 3 is 2.30 bits per heavy atom. The molecule has 7 nitrogen and oxygen atoms in total. The standard InChI is InChI=1S/C21H17ClN2O5S/c1-28-18-9-11-20(12-10-18)30(26,27)29-19-7-5-15(6-8-19)14-23-24-21(25)16-3-2-4-17(22)13-16/h2-14H,1H3,(H,24,25)/b23-14-. The quantitative estimate of drug-likeness (QED) is 0.339. The summed E-state index contributed by atoms with van der Waals surface area (Å²) in [5.41, 5.74) is 3.41. The Morgan fingerprint density at radius 1 is 1.00 bits per heavy atom. The molecule has 0 aliphatic carbocycles. The van der Waals surface area contributed by atoms with Crippen LogP contribution >= 0.6 is 11.6 Å². The summed E-state index contributed by atoms with van der Waals surface area (Å²) in [7, 11) is -2.48. The van der Waals surface area contributed by atoms with Crippen molar-refractivity contribution in [3.05, 3.63) is 88.9 Å². The number of carbonyl (C=O) groups excluding carboxylic acids is 1. The molecule has 0 radical (unpaired) electrons. The zero-order valence-electron chi connectivity index (χ0n) is 15.8. The van der Waals surface area contributed by atoms with Gasteiger partial charge in [-0.15, -0.1) is 0 Å². The van der Waals surface area contributed by atoms with Crippen LogP contribution in [0.1, 0.15) is 15.9 Å². The van der Waals surface area contributed by atoms with Gasteiger partial charge in [0, 0.05) is 10.6 Å². The van der Waals surface area contributed by atoms with Crippen molar-refractivity contribution < 1.29 is 22.1 Å². The molecule has 0 aliphatic heterocycles. The maximum Gasteiger partial charge on any atom is 0.339 e. The third kappa shape index (κ3) is 5.59. The average molecular weight is 445 g/mol. The fourth-order valence-corrected chi connectivity index (χ4v) is 3.51. The van der Waals surface area contributed by atoms with E-state index in [1.165, 1.54) is 55.8 Å². The highest BCUT2D eigenvalue weighted by molar-refractivity contribution is 7.87. The molecular weight excluding hydrogens is 428 g/mol. The van der Waals surface area contributed by atoms with E-state index in [4.69, 9.17) is 20.5 Å². The average Bonchev–Trinajstić information content (AvgIpc) is 2.74. The highest BCUT2D eigenvalue weighted by Gasteiger charge is 2.16. The molecule has 0 spiro atoms. The normalized spacial score (nSPS) is 11.3. The van der Waals surface area contributed by atoms with Crippen molar-refractivity contribution in [2.75, 3.05) is 7.11 Å². The summed E-state index contributed by atoms with van der Waals surface area (Å²) < 4.78 is 34.8. The maximum absolute atomic E-state index is 12.3. The second kappa shape index (κ2) is 9.43. The van der Waals surface area contributed by atoms with Gasteiger partial charge >= 0.3 is 10.1 Å². The number of hydrogen-bond donors (Lipinski definition) is 1. The van der Waals surface area contributed by atoms with Gasteiger partial charge in [-0.25, -0.2) is 5.43 Å². The van der Waals surface area contributed by atoms with Crippen LogP contribution in [0.2, 0.25) is 5.02 Å². The number of hydrazone groups is 1. The number of nitrogens with zero attached hydrogens (tertiary/aromatic N) is 1. The van der Waals surface area contributed by atoms with E-state index in [1.54, 1.807) is 30.3 Å². The van der Waals surface area contributed by atoms with Gasteiger partial charge in [0.25, 0.3) is 5.91 Å². The predicted molar refractivity (Wildman–Crippen MR) is 114 cm³/mol. The minimum Gasteiger partial charge on any atom is -0.497 e. The molecule has 1 amide bonds. The van der Waals surface area contributed by atoms with Crippen LogP contribution < -0.4 is 14.3 Å². The first-order valence-corrected chi connectivity index (χ1v) is 10.4. The lowest BCUT2D eigenvalue weighted by Gasteiger charge is -2.08. The smallest absolute Gasteiger partial charge is 0.339 e. The van der Waals surface area contributed by atoms with Crippen molar-refractivity contribution in [2.24, 2.45) is 5.10 Å². The van der Waals surface area contributed by atoms with E-state index in [0.717, 1.165) is 0 Å². The molecule has 154 valence electrons. The van der Waals surface area contributed by atoms with Crippen LogP contribution in [-0.2, 0) is 10.1 Å². The summed E-state index contributed by atoms with van der Waals surface area (Å²) >= 11 is 5.85. The zero-order valence-corrected chi connectivity index (χ0v) is 17.4. The fraction of sp³-hybridized carbons (Fsp3) is 0.0476. The Bertz CT molecular complexity index is 1160. The number of hydrogen-bond acceptors (Lipinski definition) is 6. The van der Waals surface area contributed by atoms with Crippen molar-refractivity contribution >= 4 is 33.8 Å². The van der Waals surface area contributed by atoms with Crippen LogP contribution in [0.25, 0.3) is 0 Å². The molecule has 0 saturated carbocycles. The molecule has 0 aliphatic rings. The lowest BCUT2D eigenvalue weighted by Crippen LogP contribution is -2.17.